The van der Waals surface area contributed by atoms with Crippen LogP contribution in [0.3, 0.4) is 0 Å². The molecule has 1 aliphatic carbocycles. The van der Waals surface area contributed by atoms with Gasteiger partial charge in [0.05, 0.1) is 17.3 Å². The van der Waals surface area contributed by atoms with Crippen LogP contribution in [0.25, 0.3) is 10.9 Å². The lowest BCUT2D eigenvalue weighted by Crippen LogP contribution is -2.14. The van der Waals surface area contributed by atoms with Gasteiger partial charge in [0.15, 0.2) is 0 Å². The predicted molar refractivity (Wildman–Crippen MR) is 88.5 cm³/mol. The topological polar surface area (TPSA) is 134 Å². The van der Waals surface area contributed by atoms with E-state index in [0.717, 1.165) is 47.1 Å². The fourth-order valence-corrected chi connectivity index (χ4v) is 2.59. The smallest absolute Gasteiger partial charge is 0.328 e. The zero-order chi connectivity index (χ0) is 17.7. The first-order chi connectivity index (χ1) is 11.4. The summed E-state index contributed by atoms with van der Waals surface area (Å²) < 4.78 is 0. The van der Waals surface area contributed by atoms with Gasteiger partial charge in [0.1, 0.15) is 0 Å². The predicted octanol–water partition coefficient (Wildman–Crippen LogP) is 1.90. The quantitative estimate of drug-likeness (QED) is 0.618. The molecule has 1 aromatic carbocycles. The fraction of sp³-hybridized carbons (Fsp3) is 0.235. The number of carbonyl (C=O) groups is 2. The number of aliphatic carboxylic acids is 2. The Morgan fingerprint density at radius 3 is 2.42 bits per heavy atom. The van der Waals surface area contributed by atoms with Gasteiger partial charge in [0.25, 0.3) is 0 Å². The lowest BCUT2D eigenvalue weighted by atomic mass is 9.91. The maximum Gasteiger partial charge on any atom is 0.328 e. The first-order valence-electron chi connectivity index (χ1n) is 7.39. The van der Waals surface area contributed by atoms with Gasteiger partial charge in [-0.3, -0.25) is 0 Å². The van der Waals surface area contributed by atoms with Gasteiger partial charge in [-0.25, -0.2) is 14.6 Å². The van der Waals surface area contributed by atoms with E-state index < -0.39 is 18.0 Å². The van der Waals surface area contributed by atoms with E-state index in [2.05, 4.69) is 4.98 Å². The number of rotatable bonds is 2. The molecule has 1 atom stereocenters. The summed E-state index contributed by atoms with van der Waals surface area (Å²) >= 11 is 0. The molecule has 2 aromatic rings. The molecule has 0 saturated heterocycles. The van der Waals surface area contributed by atoms with Crippen LogP contribution in [0.2, 0.25) is 0 Å². The molecule has 0 aliphatic heterocycles. The van der Waals surface area contributed by atoms with E-state index >= 15 is 0 Å². The molecule has 1 aliphatic rings. The molecule has 7 nitrogen and oxygen atoms in total. The van der Waals surface area contributed by atoms with Crippen molar-refractivity contribution in [3.05, 3.63) is 47.7 Å². The standard InChI is InChI=1S/C13H14N2O.C4H4O4/c14-12-8-4-1-2-6-10(8)15-13-9(12)5-3-7-11(13)16;5-3(6)1-2-4(7)8/h1-2,4,6,11,16H,3,5,7H2,(H2,14,15);1-2H,(H,5,6)(H,7,8)/b;2-1-. The number of aliphatic hydroxyl groups excluding tert-OH is 1. The monoisotopic (exact) mass is 330 g/mol. The van der Waals surface area contributed by atoms with Crippen LogP contribution in [0.4, 0.5) is 5.69 Å². The molecular formula is C17H18N2O5. The van der Waals surface area contributed by atoms with Crippen LogP contribution in [-0.2, 0) is 16.0 Å². The third-order valence-electron chi connectivity index (χ3n) is 3.66. The third-order valence-corrected chi connectivity index (χ3v) is 3.66. The molecule has 0 saturated carbocycles. The minimum absolute atomic E-state index is 0.448. The maximum atomic E-state index is 9.93. The van der Waals surface area contributed by atoms with Crippen molar-refractivity contribution in [2.75, 3.05) is 5.73 Å². The summed E-state index contributed by atoms with van der Waals surface area (Å²) in [6, 6.07) is 7.83. The van der Waals surface area contributed by atoms with Crippen molar-refractivity contribution in [1.82, 2.24) is 4.98 Å². The normalized spacial score (nSPS) is 16.3. The van der Waals surface area contributed by atoms with Gasteiger partial charge in [-0.15, -0.1) is 0 Å². The number of aromatic nitrogens is 1. The number of carboxylic acids is 2. The van der Waals surface area contributed by atoms with E-state index in [1.807, 2.05) is 24.3 Å². The van der Waals surface area contributed by atoms with Crippen molar-refractivity contribution in [1.29, 1.82) is 0 Å². The molecule has 1 heterocycles. The highest BCUT2D eigenvalue weighted by Gasteiger charge is 2.22. The Morgan fingerprint density at radius 1 is 1.17 bits per heavy atom. The fourth-order valence-electron chi connectivity index (χ4n) is 2.59. The molecule has 0 radical (unpaired) electrons. The minimum Gasteiger partial charge on any atom is -0.478 e. The molecule has 24 heavy (non-hydrogen) atoms. The number of nitrogen functional groups attached to an aromatic ring is 1. The summed E-state index contributed by atoms with van der Waals surface area (Å²) in [5.74, 6) is -2.51. The average Bonchev–Trinajstić information content (AvgIpc) is 2.55. The summed E-state index contributed by atoms with van der Waals surface area (Å²) in [5, 5.41) is 26.5. The Hall–Kier alpha value is -2.93. The highest BCUT2D eigenvalue weighted by Crippen LogP contribution is 2.35. The average molecular weight is 330 g/mol. The molecule has 1 unspecified atom stereocenters. The van der Waals surface area contributed by atoms with Crippen LogP contribution in [0.5, 0.6) is 0 Å². The number of hydrogen-bond acceptors (Lipinski definition) is 5. The summed E-state index contributed by atoms with van der Waals surface area (Å²) in [6.07, 6.45) is 3.37. The first-order valence-corrected chi connectivity index (χ1v) is 7.39. The zero-order valence-corrected chi connectivity index (χ0v) is 12.8. The lowest BCUT2D eigenvalue weighted by Gasteiger charge is -2.22. The maximum absolute atomic E-state index is 9.93. The van der Waals surface area contributed by atoms with E-state index in [9.17, 15) is 14.7 Å². The highest BCUT2D eigenvalue weighted by molar-refractivity contribution is 5.92. The van der Waals surface area contributed by atoms with Gasteiger partial charge in [-0.05, 0) is 30.9 Å². The van der Waals surface area contributed by atoms with Gasteiger partial charge in [-0.1, -0.05) is 18.2 Å². The molecule has 0 fully saturated rings. The van der Waals surface area contributed by atoms with Crippen molar-refractivity contribution in [3.8, 4) is 0 Å². The third kappa shape index (κ3) is 4.08. The van der Waals surface area contributed by atoms with E-state index in [4.69, 9.17) is 15.9 Å². The zero-order valence-electron chi connectivity index (χ0n) is 12.8. The molecule has 3 rings (SSSR count). The SMILES string of the molecule is Nc1c2c(nc3ccccc13)C(O)CCC2.O=C(O)/C=C\C(=O)O. The molecular weight excluding hydrogens is 312 g/mol. The van der Waals surface area contributed by atoms with Crippen LogP contribution in [0.1, 0.15) is 30.2 Å². The van der Waals surface area contributed by atoms with Crippen molar-refractivity contribution in [2.24, 2.45) is 0 Å². The van der Waals surface area contributed by atoms with Gasteiger partial charge < -0.3 is 21.1 Å². The lowest BCUT2D eigenvalue weighted by molar-refractivity contribution is -0.134. The minimum atomic E-state index is -1.26. The number of nitrogens with two attached hydrogens (primary N) is 1. The van der Waals surface area contributed by atoms with Crippen LogP contribution >= 0.6 is 0 Å². The molecule has 0 bridgehead atoms. The molecule has 1 aromatic heterocycles. The van der Waals surface area contributed by atoms with E-state index in [1.54, 1.807) is 0 Å². The number of carboxylic acid groups (broad SMARTS) is 2. The number of para-hydroxylation sites is 1. The number of benzene rings is 1. The molecule has 126 valence electrons. The first kappa shape index (κ1) is 17.4. The van der Waals surface area contributed by atoms with Gasteiger partial charge >= 0.3 is 11.9 Å². The number of aliphatic hydroxyl groups is 1. The highest BCUT2D eigenvalue weighted by atomic mass is 16.4. The van der Waals surface area contributed by atoms with Gasteiger partial charge in [0.2, 0.25) is 0 Å². The second-order valence-electron chi connectivity index (χ2n) is 5.32. The summed E-state index contributed by atoms with van der Waals surface area (Å²) in [7, 11) is 0. The molecule has 0 amide bonds. The van der Waals surface area contributed by atoms with E-state index in [1.165, 1.54) is 0 Å². The second-order valence-corrected chi connectivity index (χ2v) is 5.32. The van der Waals surface area contributed by atoms with Crippen LogP contribution < -0.4 is 5.73 Å². The van der Waals surface area contributed by atoms with Crippen molar-refractivity contribution >= 4 is 28.5 Å². The van der Waals surface area contributed by atoms with Crippen molar-refractivity contribution < 1.29 is 24.9 Å². The number of hydrogen-bond donors (Lipinski definition) is 4. The van der Waals surface area contributed by atoms with E-state index in [0.29, 0.717) is 12.2 Å². The Labute approximate surface area is 138 Å². The summed E-state index contributed by atoms with van der Waals surface area (Å²) in [4.78, 5) is 23.6. The van der Waals surface area contributed by atoms with Gasteiger partial charge in [0, 0.05) is 23.2 Å². The van der Waals surface area contributed by atoms with Crippen LogP contribution in [0.15, 0.2) is 36.4 Å². The number of pyridine rings is 1. The number of nitrogens with zero attached hydrogens (tertiary/aromatic N) is 1. The number of anilines is 1. The number of fused-ring (bicyclic) bond motifs is 2. The van der Waals surface area contributed by atoms with Crippen molar-refractivity contribution in [3.63, 3.8) is 0 Å². The Balaban J connectivity index is 0.000000224. The molecule has 0 spiro atoms. The Kier molecular flexibility index (Phi) is 5.49. The molecule has 5 N–H and O–H groups in total. The largest absolute Gasteiger partial charge is 0.478 e. The van der Waals surface area contributed by atoms with Gasteiger partial charge in [-0.2, -0.15) is 0 Å². The molecule has 7 heteroatoms. The van der Waals surface area contributed by atoms with E-state index in [-0.39, 0.29) is 0 Å². The summed E-state index contributed by atoms with van der Waals surface area (Å²) in [5.41, 5.74) is 9.64. The van der Waals surface area contributed by atoms with Crippen LogP contribution in [-0.4, -0.2) is 32.2 Å². The van der Waals surface area contributed by atoms with Crippen molar-refractivity contribution in [2.45, 2.75) is 25.4 Å². The second kappa shape index (κ2) is 7.56. The van der Waals surface area contributed by atoms with Crippen LogP contribution in [0, 0.1) is 0 Å². The Morgan fingerprint density at radius 2 is 1.79 bits per heavy atom. The Bertz CT molecular complexity index is 785. The summed E-state index contributed by atoms with van der Waals surface area (Å²) in [6.45, 7) is 0.